The third-order valence-electron chi connectivity index (χ3n) is 4.79. The van der Waals surface area contributed by atoms with E-state index in [0.717, 1.165) is 43.5 Å². The minimum absolute atomic E-state index is 0.0512. The van der Waals surface area contributed by atoms with Gasteiger partial charge in [0.05, 0.1) is 18.1 Å². The second-order valence-electron chi connectivity index (χ2n) is 6.55. The van der Waals surface area contributed by atoms with Gasteiger partial charge in [-0.1, -0.05) is 13.3 Å². The van der Waals surface area contributed by atoms with E-state index in [-0.39, 0.29) is 17.7 Å². The maximum absolute atomic E-state index is 12.6. The summed E-state index contributed by atoms with van der Waals surface area (Å²) < 4.78 is 5.31. The van der Waals surface area contributed by atoms with E-state index in [1.54, 1.807) is 11.3 Å². The second-order valence-corrected chi connectivity index (χ2v) is 7.68. The Balaban J connectivity index is 1.62. The average molecular weight is 350 g/mol. The number of fused-ring (bicyclic) bond motifs is 1. The van der Waals surface area contributed by atoms with Crippen LogP contribution in [0.25, 0.3) is 0 Å². The number of hydrogen-bond acceptors (Lipinski definition) is 4. The monoisotopic (exact) mass is 350 g/mol. The molecule has 1 atom stereocenters. The SMILES string of the molecule is CCCCNC(=O)C1CCc2sc(C(=O)N3CCOCC3)cc2C1. The molecule has 132 valence electrons. The van der Waals surface area contributed by atoms with Gasteiger partial charge in [-0.25, -0.2) is 0 Å². The summed E-state index contributed by atoms with van der Waals surface area (Å²) in [7, 11) is 0. The summed E-state index contributed by atoms with van der Waals surface area (Å²) in [6, 6.07) is 2.02. The Bertz CT molecular complexity index is 593. The molecule has 1 saturated heterocycles. The van der Waals surface area contributed by atoms with Gasteiger partial charge in [-0.15, -0.1) is 11.3 Å². The van der Waals surface area contributed by atoms with Crippen LogP contribution in [0.3, 0.4) is 0 Å². The summed E-state index contributed by atoms with van der Waals surface area (Å²) in [5.41, 5.74) is 1.19. The molecule has 0 spiro atoms. The van der Waals surface area contributed by atoms with E-state index in [1.807, 2.05) is 11.0 Å². The normalized spacial score (nSPS) is 20.5. The predicted molar refractivity (Wildman–Crippen MR) is 94.5 cm³/mol. The summed E-state index contributed by atoms with van der Waals surface area (Å²) in [4.78, 5) is 28.8. The fourth-order valence-electron chi connectivity index (χ4n) is 3.31. The number of ether oxygens (including phenoxy) is 1. The van der Waals surface area contributed by atoms with Crippen molar-refractivity contribution in [3.63, 3.8) is 0 Å². The summed E-state index contributed by atoms with van der Waals surface area (Å²) in [6.45, 7) is 5.47. The molecular weight excluding hydrogens is 324 g/mol. The number of morpholine rings is 1. The molecule has 0 aromatic carbocycles. The molecule has 6 heteroatoms. The highest BCUT2D eigenvalue weighted by Crippen LogP contribution is 2.33. The molecule has 1 fully saturated rings. The summed E-state index contributed by atoms with van der Waals surface area (Å²) >= 11 is 1.61. The van der Waals surface area contributed by atoms with Crippen molar-refractivity contribution in [2.24, 2.45) is 5.92 Å². The van der Waals surface area contributed by atoms with Crippen molar-refractivity contribution in [2.45, 2.75) is 39.0 Å². The lowest BCUT2D eigenvalue weighted by Gasteiger charge is -2.26. The summed E-state index contributed by atoms with van der Waals surface area (Å²) in [6.07, 6.45) is 4.67. The molecule has 5 nitrogen and oxygen atoms in total. The highest BCUT2D eigenvalue weighted by Gasteiger charge is 2.28. The highest BCUT2D eigenvalue weighted by atomic mass is 32.1. The van der Waals surface area contributed by atoms with Crippen LogP contribution in [0.1, 0.15) is 46.3 Å². The lowest BCUT2D eigenvalue weighted by Crippen LogP contribution is -2.40. The Morgan fingerprint density at radius 2 is 2.17 bits per heavy atom. The molecular formula is C18H26N2O3S. The number of unbranched alkanes of at least 4 members (excludes halogenated alkanes) is 1. The van der Waals surface area contributed by atoms with E-state index < -0.39 is 0 Å². The Morgan fingerprint density at radius 1 is 1.38 bits per heavy atom. The van der Waals surface area contributed by atoms with Gasteiger partial charge in [0.1, 0.15) is 0 Å². The zero-order valence-corrected chi connectivity index (χ0v) is 15.1. The van der Waals surface area contributed by atoms with Crippen molar-refractivity contribution < 1.29 is 14.3 Å². The van der Waals surface area contributed by atoms with E-state index in [9.17, 15) is 9.59 Å². The Kier molecular flexibility index (Phi) is 5.89. The number of nitrogens with zero attached hydrogens (tertiary/aromatic N) is 1. The molecule has 1 N–H and O–H groups in total. The predicted octanol–water partition coefficient (Wildman–Crippen LogP) is 2.24. The number of nitrogens with one attached hydrogen (secondary N) is 1. The Hall–Kier alpha value is -1.40. The first-order valence-electron chi connectivity index (χ1n) is 8.95. The van der Waals surface area contributed by atoms with Gasteiger partial charge in [-0.3, -0.25) is 9.59 Å². The fraction of sp³-hybridized carbons (Fsp3) is 0.667. The average Bonchev–Trinajstić information content (AvgIpc) is 3.05. The third-order valence-corrected chi connectivity index (χ3v) is 6.02. The fourth-order valence-corrected chi connectivity index (χ4v) is 4.48. The summed E-state index contributed by atoms with van der Waals surface area (Å²) in [5, 5.41) is 3.04. The van der Waals surface area contributed by atoms with Gasteiger partial charge in [0.25, 0.3) is 5.91 Å². The molecule has 1 aromatic rings. The smallest absolute Gasteiger partial charge is 0.264 e. The largest absolute Gasteiger partial charge is 0.378 e. The van der Waals surface area contributed by atoms with Gasteiger partial charge in [0.15, 0.2) is 0 Å². The van der Waals surface area contributed by atoms with Gasteiger partial charge in [0, 0.05) is 30.4 Å². The quantitative estimate of drug-likeness (QED) is 0.829. The van der Waals surface area contributed by atoms with Crippen LogP contribution < -0.4 is 5.32 Å². The van der Waals surface area contributed by atoms with Crippen molar-refractivity contribution in [3.05, 3.63) is 21.4 Å². The maximum Gasteiger partial charge on any atom is 0.264 e. The number of carbonyl (C=O) groups excluding carboxylic acids is 2. The first-order chi connectivity index (χ1) is 11.7. The Labute approximate surface area is 147 Å². The highest BCUT2D eigenvalue weighted by molar-refractivity contribution is 7.14. The van der Waals surface area contributed by atoms with Crippen molar-refractivity contribution in [1.29, 1.82) is 0 Å². The maximum atomic E-state index is 12.6. The van der Waals surface area contributed by atoms with Crippen molar-refractivity contribution in [2.75, 3.05) is 32.8 Å². The molecule has 2 heterocycles. The van der Waals surface area contributed by atoms with E-state index in [2.05, 4.69) is 12.2 Å². The number of rotatable bonds is 5. The van der Waals surface area contributed by atoms with Gasteiger partial charge >= 0.3 is 0 Å². The molecule has 1 aliphatic carbocycles. The number of amides is 2. The van der Waals surface area contributed by atoms with E-state index in [1.165, 1.54) is 10.4 Å². The van der Waals surface area contributed by atoms with Crippen LogP contribution in [-0.4, -0.2) is 49.6 Å². The first-order valence-corrected chi connectivity index (χ1v) is 9.77. The van der Waals surface area contributed by atoms with E-state index in [0.29, 0.717) is 26.3 Å². The second kappa shape index (κ2) is 8.12. The molecule has 2 amide bonds. The molecule has 0 bridgehead atoms. The van der Waals surface area contributed by atoms with E-state index >= 15 is 0 Å². The molecule has 0 saturated carbocycles. The molecule has 3 rings (SSSR count). The lowest BCUT2D eigenvalue weighted by atomic mass is 9.87. The van der Waals surface area contributed by atoms with Gasteiger partial charge in [0.2, 0.25) is 5.91 Å². The molecule has 24 heavy (non-hydrogen) atoms. The molecule has 0 radical (unpaired) electrons. The number of carbonyl (C=O) groups is 2. The van der Waals surface area contributed by atoms with Crippen LogP contribution >= 0.6 is 11.3 Å². The van der Waals surface area contributed by atoms with Gasteiger partial charge in [-0.2, -0.15) is 0 Å². The Morgan fingerprint density at radius 3 is 2.92 bits per heavy atom. The third kappa shape index (κ3) is 3.98. The number of thiophene rings is 1. The van der Waals surface area contributed by atoms with Gasteiger partial charge in [-0.05, 0) is 37.3 Å². The summed E-state index contributed by atoms with van der Waals surface area (Å²) in [5.74, 6) is 0.332. The topological polar surface area (TPSA) is 58.6 Å². The minimum atomic E-state index is 0.0512. The van der Waals surface area contributed by atoms with E-state index in [4.69, 9.17) is 4.74 Å². The lowest BCUT2D eigenvalue weighted by molar-refractivity contribution is -0.125. The first kappa shape index (κ1) is 17.4. The zero-order chi connectivity index (χ0) is 16.9. The van der Waals surface area contributed by atoms with Crippen LogP contribution in [0.15, 0.2) is 6.07 Å². The number of hydrogen-bond donors (Lipinski definition) is 1. The van der Waals surface area contributed by atoms with Crippen molar-refractivity contribution >= 4 is 23.2 Å². The van der Waals surface area contributed by atoms with Crippen molar-refractivity contribution in [3.8, 4) is 0 Å². The molecule has 2 aliphatic rings. The van der Waals surface area contributed by atoms with Crippen molar-refractivity contribution in [1.82, 2.24) is 10.2 Å². The standard InChI is InChI=1S/C18H26N2O3S/c1-2-3-6-19-17(21)13-4-5-15-14(11-13)12-16(24-15)18(22)20-7-9-23-10-8-20/h12-13H,2-11H2,1H3,(H,19,21). The van der Waals surface area contributed by atoms with Crippen LogP contribution in [0.5, 0.6) is 0 Å². The molecule has 1 aromatic heterocycles. The van der Waals surface area contributed by atoms with Crippen LogP contribution in [0.4, 0.5) is 0 Å². The van der Waals surface area contributed by atoms with Crippen LogP contribution in [0, 0.1) is 5.92 Å². The van der Waals surface area contributed by atoms with Gasteiger partial charge < -0.3 is 15.0 Å². The van der Waals surface area contributed by atoms with Crippen LogP contribution in [-0.2, 0) is 22.4 Å². The number of aryl methyl sites for hydroxylation is 1. The van der Waals surface area contributed by atoms with Crippen LogP contribution in [0.2, 0.25) is 0 Å². The molecule has 1 unspecified atom stereocenters. The molecule has 1 aliphatic heterocycles. The zero-order valence-electron chi connectivity index (χ0n) is 14.3. The minimum Gasteiger partial charge on any atom is -0.378 e.